The zero-order valence-electron chi connectivity index (χ0n) is 11.5. The van der Waals surface area contributed by atoms with Crippen molar-refractivity contribution in [3.63, 3.8) is 0 Å². The molecule has 17 heavy (non-hydrogen) atoms. The largest absolute Gasteiger partial charge is 0.481 e. The van der Waals surface area contributed by atoms with Gasteiger partial charge in [0, 0.05) is 19.5 Å². The fourth-order valence-corrected chi connectivity index (χ4v) is 2.59. The summed E-state index contributed by atoms with van der Waals surface area (Å²) in [4.78, 5) is 13.1. The third kappa shape index (κ3) is 5.07. The molecule has 0 aromatic carbocycles. The minimum absolute atomic E-state index is 0.320. The Morgan fingerprint density at radius 2 is 2.00 bits per heavy atom. The average molecular weight is 241 g/mol. The van der Waals surface area contributed by atoms with Crippen LogP contribution in [0.5, 0.6) is 0 Å². The van der Waals surface area contributed by atoms with Crippen LogP contribution in [0.15, 0.2) is 0 Å². The molecule has 1 heterocycles. The van der Waals surface area contributed by atoms with E-state index in [9.17, 15) is 4.79 Å². The van der Waals surface area contributed by atoms with Gasteiger partial charge in [-0.25, -0.2) is 0 Å². The van der Waals surface area contributed by atoms with Crippen LogP contribution in [0.3, 0.4) is 0 Å². The molecule has 0 spiro atoms. The number of carbonyl (C=O) groups is 1. The summed E-state index contributed by atoms with van der Waals surface area (Å²) in [5.74, 6) is 1.40. The summed E-state index contributed by atoms with van der Waals surface area (Å²) in [5.41, 5.74) is 0. The molecule has 1 rings (SSSR count). The molecule has 1 aliphatic heterocycles. The molecule has 1 aliphatic rings. The zero-order chi connectivity index (χ0) is 12.8. The van der Waals surface area contributed by atoms with Gasteiger partial charge in [-0.15, -0.1) is 0 Å². The van der Waals surface area contributed by atoms with Crippen molar-refractivity contribution in [2.24, 2.45) is 17.8 Å². The Kier molecular flexibility index (Phi) is 5.96. The van der Waals surface area contributed by atoms with Crippen LogP contribution < -0.4 is 0 Å². The summed E-state index contributed by atoms with van der Waals surface area (Å²) >= 11 is 0. The van der Waals surface area contributed by atoms with Crippen LogP contribution in [0.4, 0.5) is 0 Å². The van der Waals surface area contributed by atoms with E-state index >= 15 is 0 Å². The molecule has 0 amide bonds. The molecule has 1 atom stereocenters. The number of nitrogens with zero attached hydrogens (tertiary/aromatic N) is 1. The first-order valence-corrected chi connectivity index (χ1v) is 6.97. The summed E-state index contributed by atoms with van der Waals surface area (Å²) < 4.78 is 0. The highest BCUT2D eigenvalue weighted by Crippen LogP contribution is 2.24. The second kappa shape index (κ2) is 7.00. The topological polar surface area (TPSA) is 40.5 Å². The van der Waals surface area contributed by atoms with Gasteiger partial charge in [-0.1, -0.05) is 27.2 Å². The Balaban J connectivity index is 2.18. The minimum Gasteiger partial charge on any atom is -0.481 e. The molecular formula is C14H27NO2. The SMILES string of the molecule is CCC1CN(CCC(CCC(=O)O)C(C)C)C1. The predicted molar refractivity (Wildman–Crippen MR) is 70.0 cm³/mol. The summed E-state index contributed by atoms with van der Waals surface area (Å²) in [6, 6.07) is 0. The van der Waals surface area contributed by atoms with E-state index in [0.29, 0.717) is 18.3 Å². The van der Waals surface area contributed by atoms with Crippen molar-refractivity contribution in [1.29, 1.82) is 0 Å². The van der Waals surface area contributed by atoms with Gasteiger partial charge >= 0.3 is 5.97 Å². The van der Waals surface area contributed by atoms with Gasteiger partial charge in [-0.05, 0) is 37.1 Å². The lowest BCUT2D eigenvalue weighted by atomic mass is 9.87. The summed E-state index contributed by atoms with van der Waals surface area (Å²) in [7, 11) is 0. The number of carboxylic acids is 1. The Morgan fingerprint density at radius 3 is 2.47 bits per heavy atom. The van der Waals surface area contributed by atoms with Gasteiger partial charge in [0.2, 0.25) is 0 Å². The monoisotopic (exact) mass is 241 g/mol. The molecule has 0 radical (unpaired) electrons. The standard InChI is InChI=1S/C14H27NO2/c1-4-12-9-15(10-12)8-7-13(11(2)3)5-6-14(16)17/h11-13H,4-10H2,1-3H3,(H,16,17). The molecule has 100 valence electrons. The minimum atomic E-state index is -0.661. The van der Waals surface area contributed by atoms with Gasteiger partial charge < -0.3 is 10.0 Å². The number of aliphatic carboxylic acids is 1. The number of hydrogen-bond donors (Lipinski definition) is 1. The van der Waals surface area contributed by atoms with Crippen LogP contribution in [0.2, 0.25) is 0 Å². The summed E-state index contributed by atoms with van der Waals surface area (Å²) in [5, 5.41) is 8.74. The lowest BCUT2D eigenvalue weighted by Gasteiger charge is -2.39. The second-order valence-corrected chi connectivity index (χ2v) is 5.76. The molecule has 1 fully saturated rings. The van der Waals surface area contributed by atoms with Crippen molar-refractivity contribution in [3.8, 4) is 0 Å². The molecule has 0 aromatic rings. The van der Waals surface area contributed by atoms with E-state index in [2.05, 4.69) is 25.7 Å². The van der Waals surface area contributed by atoms with Crippen molar-refractivity contribution in [2.45, 2.75) is 46.5 Å². The maximum absolute atomic E-state index is 10.6. The summed E-state index contributed by atoms with van der Waals surface area (Å²) in [6.07, 6.45) is 3.60. The van der Waals surface area contributed by atoms with Gasteiger partial charge in [0.25, 0.3) is 0 Å². The summed E-state index contributed by atoms with van der Waals surface area (Å²) in [6.45, 7) is 10.3. The van der Waals surface area contributed by atoms with Crippen molar-refractivity contribution >= 4 is 5.97 Å². The first-order valence-electron chi connectivity index (χ1n) is 6.97. The first kappa shape index (κ1) is 14.5. The first-order chi connectivity index (χ1) is 8.02. The molecule has 0 aliphatic carbocycles. The van der Waals surface area contributed by atoms with Crippen LogP contribution in [0.25, 0.3) is 0 Å². The van der Waals surface area contributed by atoms with E-state index in [1.807, 2.05) is 0 Å². The van der Waals surface area contributed by atoms with Gasteiger partial charge in [-0.2, -0.15) is 0 Å². The van der Waals surface area contributed by atoms with Crippen LogP contribution in [0, 0.1) is 17.8 Å². The molecule has 0 aromatic heterocycles. The van der Waals surface area contributed by atoms with Crippen LogP contribution >= 0.6 is 0 Å². The van der Waals surface area contributed by atoms with E-state index in [0.717, 1.165) is 25.3 Å². The third-order valence-corrected chi connectivity index (χ3v) is 4.10. The van der Waals surface area contributed by atoms with Gasteiger partial charge in [0.1, 0.15) is 0 Å². The number of rotatable bonds is 8. The number of likely N-dealkylation sites (tertiary alicyclic amines) is 1. The van der Waals surface area contributed by atoms with Crippen molar-refractivity contribution in [1.82, 2.24) is 4.90 Å². The fourth-order valence-electron chi connectivity index (χ4n) is 2.59. The van der Waals surface area contributed by atoms with Gasteiger partial charge in [0.05, 0.1) is 0 Å². The lowest BCUT2D eigenvalue weighted by Crippen LogP contribution is -2.47. The van der Waals surface area contributed by atoms with E-state index < -0.39 is 5.97 Å². The molecule has 3 nitrogen and oxygen atoms in total. The van der Waals surface area contributed by atoms with Crippen molar-refractivity contribution in [3.05, 3.63) is 0 Å². The highest BCUT2D eigenvalue weighted by molar-refractivity contribution is 5.66. The predicted octanol–water partition coefficient (Wildman–Crippen LogP) is 2.86. The Labute approximate surface area is 105 Å². The maximum Gasteiger partial charge on any atom is 0.303 e. The molecule has 0 bridgehead atoms. The Morgan fingerprint density at radius 1 is 1.35 bits per heavy atom. The number of carboxylic acid groups (broad SMARTS) is 1. The van der Waals surface area contributed by atoms with E-state index in [-0.39, 0.29) is 0 Å². The van der Waals surface area contributed by atoms with Crippen LogP contribution in [-0.4, -0.2) is 35.6 Å². The van der Waals surface area contributed by atoms with Gasteiger partial charge in [-0.3, -0.25) is 4.79 Å². The smallest absolute Gasteiger partial charge is 0.303 e. The van der Waals surface area contributed by atoms with E-state index in [1.165, 1.54) is 19.5 Å². The number of hydrogen-bond acceptors (Lipinski definition) is 2. The Hall–Kier alpha value is -0.570. The molecule has 1 N–H and O–H groups in total. The molecule has 0 saturated carbocycles. The quantitative estimate of drug-likeness (QED) is 0.710. The average Bonchev–Trinajstić information content (AvgIpc) is 2.19. The van der Waals surface area contributed by atoms with E-state index in [4.69, 9.17) is 5.11 Å². The van der Waals surface area contributed by atoms with E-state index in [1.54, 1.807) is 0 Å². The highest BCUT2D eigenvalue weighted by Gasteiger charge is 2.25. The Bertz CT molecular complexity index is 234. The highest BCUT2D eigenvalue weighted by atomic mass is 16.4. The second-order valence-electron chi connectivity index (χ2n) is 5.76. The fraction of sp³-hybridized carbons (Fsp3) is 0.929. The molecule has 1 saturated heterocycles. The maximum atomic E-state index is 10.6. The van der Waals surface area contributed by atoms with Gasteiger partial charge in [0.15, 0.2) is 0 Å². The molecule has 3 heteroatoms. The normalized spacial score (nSPS) is 19.3. The zero-order valence-corrected chi connectivity index (χ0v) is 11.5. The lowest BCUT2D eigenvalue weighted by molar-refractivity contribution is -0.137. The van der Waals surface area contributed by atoms with Crippen molar-refractivity contribution in [2.75, 3.05) is 19.6 Å². The molecular weight excluding hydrogens is 214 g/mol. The molecule has 1 unspecified atom stereocenters. The third-order valence-electron chi connectivity index (χ3n) is 4.10. The van der Waals surface area contributed by atoms with Crippen LogP contribution in [-0.2, 0) is 4.79 Å². The van der Waals surface area contributed by atoms with Crippen LogP contribution in [0.1, 0.15) is 46.5 Å². The van der Waals surface area contributed by atoms with Crippen molar-refractivity contribution < 1.29 is 9.90 Å².